The molecule has 5 nitrogen and oxygen atoms in total. The summed E-state index contributed by atoms with van der Waals surface area (Å²) in [4.78, 5) is 17.7. The van der Waals surface area contributed by atoms with Crippen LogP contribution in [0.5, 0.6) is 5.75 Å². The second-order valence-electron chi connectivity index (χ2n) is 4.65. The summed E-state index contributed by atoms with van der Waals surface area (Å²) in [6.07, 6.45) is 2.73. The number of anilines is 1. The van der Waals surface area contributed by atoms with Gasteiger partial charge >= 0.3 is 0 Å². The van der Waals surface area contributed by atoms with Gasteiger partial charge in [0.1, 0.15) is 5.75 Å². The van der Waals surface area contributed by atoms with Crippen molar-refractivity contribution in [3.63, 3.8) is 0 Å². The minimum absolute atomic E-state index is 0.121. The van der Waals surface area contributed by atoms with Crippen LogP contribution < -0.4 is 5.73 Å². The van der Waals surface area contributed by atoms with Crippen LogP contribution in [-0.4, -0.2) is 27.9 Å². The van der Waals surface area contributed by atoms with E-state index in [1.807, 2.05) is 25.1 Å². The Labute approximate surface area is 117 Å². The van der Waals surface area contributed by atoms with Gasteiger partial charge in [-0.25, -0.2) is 0 Å². The highest BCUT2D eigenvalue weighted by molar-refractivity contribution is 5.96. The van der Waals surface area contributed by atoms with Crippen LogP contribution in [0, 0.1) is 0 Å². The molecule has 0 saturated heterocycles. The molecule has 20 heavy (non-hydrogen) atoms. The molecule has 5 heteroatoms. The summed E-state index contributed by atoms with van der Waals surface area (Å²) in [5, 5.41) is 9.70. The van der Waals surface area contributed by atoms with E-state index in [0.717, 1.165) is 5.56 Å². The molecule has 1 unspecified atom stereocenters. The highest BCUT2D eigenvalue weighted by Crippen LogP contribution is 2.24. The van der Waals surface area contributed by atoms with Crippen LogP contribution in [0.2, 0.25) is 0 Å². The number of aromatic nitrogens is 1. The van der Waals surface area contributed by atoms with E-state index in [-0.39, 0.29) is 23.3 Å². The summed E-state index contributed by atoms with van der Waals surface area (Å²) < 4.78 is 0. The van der Waals surface area contributed by atoms with Crippen LogP contribution in [-0.2, 0) is 0 Å². The lowest BCUT2D eigenvalue weighted by Gasteiger charge is -2.25. The Morgan fingerprint density at radius 2 is 2.15 bits per heavy atom. The van der Waals surface area contributed by atoms with Gasteiger partial charge in [0.2, 0.25) is 0 Å². The molecule has 2 aromatic rings. The highest BCUT2D eigenvalue weighted by Gasteiger charge is 2.21. The van der Waals surface area contributed by atoms with E-state index in [2.05, 4.69) is 4.98 Å². The number of aromatic hydroxyl groups is 1. The quantitative estimate of drug-likeness (QED) is 0.839. The monoisotopic (exact) mass is 271 g/mol. The van der Waals surface area contributed by atoms with Crippen molar-refractivity contribution in [2.75, 3.05) is 12.8 Å². The SMILES string of the molecule is CC(c1cccc(N)c1)N(C)C(=O)c1ccncc1O. The Bertz CT molecular complexity index is 628. The van der Waals surface area contributed by atoms with Crippen molar-refractivity contribution < 1.29 is 9.90 Å². The number of benzene rings is 1. The zero-order valence-corrected chi connectivity index (χ0v) is 11.4. The van der Waals surface area contributed by atoms with Crippen molar-refractivity contribution in [3.8, 4) is 5.75 Å². The van der Waals surface area contributed by atoms with Crippen molar-refractivity contribution in [1.82, 2.24) is 9.88 Å². The lowest BCUT2D eigenvalue weighted by Crippen LogP contribution is -2.29. The topological polar surface area (TPSA) is 79.5 Å². The molecule has 1 aromatic heterocycles. The fourth-order valence-corrected chi connectivity index (χ4v) is 1.98. The zero-order chi connectivity index (χ0) is 14.7. The molecule has 0 fully saturated rings. The number of nitrogens with zero attached hydrogens (tertiary/aromatic N) is 2. The van der Waals surface area contributed by atoms with Crippen LogP contribution in [0.15, 0.2) is 42.7 Å². The highest BCUT2D eigenvalue weighted by atomic mass is 16.3. The maximum absolute atomic E-state index is 12.4. The number of nitrogen functional groups attached to an aromatic ring is 1. The van der Waals surface area contributed by atoms with Crippen LogP contribution in [0.4, 0.5) is 5.69 Å². The molecule has 0 aliphatic rings. The van der Waals surface area contributed by atoms with Crippen LogP contribution in [0.25, 0.3) is 0 Å². The molecule has 0 aliphatic heterocycles. The molecule has 2 rings (SSSR count). The molecule has 3 N–H and O–H groups in total. The molecule has 1 aromatic carbocycles. The van der Waals surface area contributed by atoms with Gasteiger partial charge in [0.25, 0.3) is 5.91 Å². The third kappa shape index (κ3) is 2.71. The van der Waals surface area contributed by atoms with Gasteiger partial charge in [-0.2, -0.15) is 0 Å². The minimum atomic E-state index is -0.264. The fourth-order valence-electron chi connectivity index (χ4n) is 1.98. The van der Waals surface area contributed by atoms with Gasteiger partial charge in [0.15, 0.2) is 0 Å². The minimum Gasteiger partial charge on any atom is -0.505 e. The van der Waals surface area contributed by atoms with Gasteiger partial charge in [-0.15, -0.1) is 0 Å². The molecule has 0 saturated carbocycles. The average molecular weight is 271 g/mol. The van der Waals surface area contributed by atoms with E-state index in [9.17, 15) is 9.90 Å². The van der Waals surface area contributed by atoms with Gasteiger partial charge in [-0.3, -0.25) is 9.78 Å². The second kappa shape index (κ2) is 5.61. The van der Waals surface area contributed by atoms with Crippen LogP contribution >= 0.6 is 0 Å². The lowest BCUT2D eigenvalue weighted by atomic mass is 10.1. The maximum Gasteiger partial charge on any atom is 0.257 e. The van der Waals surface area contributed by atoms with Crippen LogP contribution in [0.3, 0.4) is 0 Å². The van der Waals surface area contributed by atoms with Crippen LogP contribution in [0.1, 0.15) is 28.9 Å². The summed E-state index contributed by atoms with van der Waals surface area (Å²) in [5.41, 5.74) is 7.58. The molecule has 1 heterocycles. The smallest absolute Gasteiger partial charge is 0.257 e. The summed E-state index contributed by atoms with van der Waals surface area (Å²) in [7, 11) is 1.69. The lowest BCUT2D eigenvalue weighted by molar-refractivity contribution is 0.0739. The summed E-state index contributed by atoms with van der Waals surface area (Å²) in [6.45, 7) is 1.91. The van der Waals surface area contributed by atoms with Gasteiger partial charge in [0, 0.05) is 18.9 Å². The van der Waals surface area contributed by atoms with Crippen molar-refractivity contribution >= 4 is 11.6 Å². The molecule has 0 bridgehead atoms. The Morgan fingerprint density at radius 1 is 1.40 bits per heavy atom. The number of hydrogen-bond donors (Lipinski definition) is 2. The molecule has 0 spiro atoms. The van der Waals surface area contributed by atoms with E-state index in [4.69, 9.17) is 5.73 Å². The Balaban J connectivity index is 2.25. The standard InChI is InChI=1S/C15H17N3O2/c1-10(11-4-3-5-12(16)8-11)18(2)15(20)13-6-7-17-9-14(13)19/h3-10,19H,16H2,1-2H3. The molecular formula is C15H17N3O2. The average Bonchev–Trinajstić information content (AvgIpc) is 2.45. The van der Waals surface area contributed by atoms with Gasteiger partial charge in [-0.05, 0) is 30.7 Å². The van der Waals surface area contributed by atoms with Crippen molar-refractivity contribution in [3.05, 3.63) is 53.9 Å². The number of carbonyl (C=O) groups is 1. The van der Waals surface area contributed by atoms with Crippen molar-refractivity contribution in [2.45, 2.75) is 13.0 Å². The molecule has 0 aliphatic carbocycles. The molecule has 1 amide bonds. The first-order valence-electron chi connectivity index (χ1n) is 6.26. The Kier molecular flexibility index (Phi) is 3.89. The molecule has 104 valence electrons. The van der Waals surface area contributed by atoms with Crippen molar-refractivity contribution in [1.29, 1.82) is 0 Å². The number of hydrogen-bond acceptors (Lipinski definition) is 4. The number of nitrogens with two attached hydrogens (primary N) is 1. The number of rotatable bonds is 3. The predicted molar refractivity (Wildman–Crippen MR) is 77.3 cm³/mol. The number of amides is 1. The first-order chi connectivity index (χ1) is 9.50. The predicted octanol–water partition coefficient (Wildman–Crippen LogP) is 2.20. The normalized spacial score (nSPS) is 11.9. The van der Waals surface area contributed by atoms with E-state index in [1.165, 1.54) is 18.5 Å². The third-order valence-electron chi connectivity index (χ3n) is 3.32. The van der Waals surface area contributed by atoms with E-state index in [0.29, 0.717) is 5.69 Å². The number of pyridine rings is 1. The molecular weight excluding hydrogens is 254 g/mol. The Hall–Kier alpha value is -2.56. The van der Waals surface area contributed by atoms with Gasteiger partial charge < -0.3 is 15.7 Å². The van der Waals surface area contributed by atoms with E-state index < -0.39 is 0 Å². The van der Waals surface area contributed by atoms with E-state index in [1.54, 1.807) is 18.0 Å². The zero-order valence-electron chi connectivity index (χ0n) is 11.4. The van der Waals surface area contributed by atoms with E-state index >= 15 is 0 Å². The summed E-state index contributed by atoms with van der Waals surface area (Å²) in [5.74, 6) is -0.385. The molecule has 1 atom stereocenters. The number of carbonyl (C=O) groups excluding carboxylic acids is 1. The van der Waals surface area contributed by atoms with Crippen molar-refractivity contribution in [2.24, 2.45) is 0 Å². The Morgan fingerprint density at radius 3 is 2.80 bits per heavy atom. The summed E-state index contributed by atoms with van der Waals surface area (Å²) >= 11 is 0. The maximum atomic E-state index is 12.4. The largest absolute Gasteiger partial charge is 0.505 e. The van der Waals surface area contributed by atoms with Gasteiger partial charge in [0.05, 0.1) is 17.8 Å². The summed E-state index contributed by atoms with van der Waals surface area (Å²) in [6, 6.07) is 8.74. The molecule has 0 radical (unpaired) electrons. The first-order valence-corrected chi connectivity index (χ1v) is 6.26. The second-order valence-corrected chi connectivity index (χ2v) is 4.65. The third-order valence-corrected chi connectivity index (χ3v) is 3.32. The fraction of sp³-hybridized carbons (Fsp3) is 0.200. The van der Waals surface area contributed by atoms with Gasteiger partial charge in [-0.1, -0.05) is 12.1 Å². The first kappa shape index (κ1) is 13.9.